The van der Waals surface area contributed by atoms with Crippen molar-refractivity contribution < 1.29 is 4.79 Å². The zero-order valence-corrected chi connectivity index (χ0v) is 14.7. The van der Waals surface area contributed by atoms with E-state index in [4.69, 9.17) is 4.98 Å². The number of aromatic nitrogens is 3. The second kappa shape index (κ2) is 6.31. The van der Waals surface area contributed by atoms with Gasteiger partial charge in [-0.2, -0.15) is 5.10 Å². The number of rotatable bonds is 2. The second-order valence-corrected chi connectivity index (χ2v) is 6.68. The third-order valence-electron chi connectivity index (χ3n) is 4.91. The van der Waals surface area contributed by atoms with E-state index in [9.17, 15) is 4.79 Å². The Hall–Kier alpha value is -2.69. The average molecular weight is 334 g/mol. The molecule has 4 rings (SSSR count). The van der Waals surface area contributed by atoms with Crippen LogP contribution in [0.1, 0.15) is 35.3 Å². The molecule has 1 amide bonds. The minimum atomic E-state index is 0.0976. The van der Waals surface area contributed by atoms with Crippen molar-refractivity contribution in [2.24, 2.45) is 7.05 Å². The van der Waals surface area contributed by atoms with Gasteiger partial charge in [0.15, 0.2) is 5.65 Å². The number of likely N-dealkylation sites (tertiary alicyclic amines) is 1. The summed E-state index contributed by atoms with van der Waals surface area (Å²) in [6.07, 6.45) is 3.37. The summed E-state index contributed by atoms with van der Waals surface area (Å²) < 4.78 is 1.77. The molecule has 0 N–H and O–H groups in total. The maximum absolute atomic E-state index is 13.2. The Kier molecular flexibility index (Phi) is 3.99. The van der Waals surface area contributed by atoms with Crippen LogP contribution in [0.15, 0.2) is 36.4 Å². The Labute approximate surface area is 147 Å². The number of hydrogen-bond donors (Lipinski definition) is 0. The maximum Gasteiger partial charge on any atom is 0.254 e. The summed E-state index contributed by atoms with van der Waals surface area (Å²) in [5.74, 6) is 0.0976. The van der Waals surface area contributed by atoms with E-state index >= 15 is 0 Å². The number of carbonyl (C=O) groups is 1. The number of amides is 1. The Bertz CT molecular complexity index is 924. The predicted octanol–water partition coefficient (Wildman–Crippen LogP) is 3.57. The van der Waals surface area contributed by atoms with Gasteiger partial charge < -0.3 is 4.90 Å². The van der Waals surface area contributed by atoms with Crippen LogP contribution in [-0.4, -0.2) is 38.7 Å². The summed E-state index contributed by atoms with van der Waals surface area (Å²) in [5.41, 5.74) is 4.16. The molecule has 0 spiro atoms. The Morgan fingerprint density at radius 1 is 1.08 bits per heavy atom. The molecule has 0 unspecified atom stereocenters. The summed E-state index contributed by atoms with van der Waals surface area (Å²) in [6.45, 7) is 3.62. The van der Waals surface area contributed by atoms with Crippen LogP contribution in [0.5, 0.6) is 0 Å². The van der Waals surface area contributed by atoms with Crippen LogP contribution in [-0.2, 0) is 7.05 Å². The highest BCUT2D eigenvalue weighted by Crippen LogP contribution is 2.28. The molecule has 0 atom stereocenters. The van der Waals surface area contributed by atoms with Gasteiger partial charge in [-0.3, -0.25) is 9.48 Å². The molecule has 5 heteroatoms. The van der Waals surface area contributed by atoms with Crippen LogP contribution >= 0.6 is 0 Å². The van der Waals surface area contributed by atoms with Gasteiger partial charge >= 0.3 is 0 Å². The maximum atomic E-state index is 13.2. The molecular weight excluding hydrogens is 312 g/mol. The number of nitrogens with zero attached hydrogens (tertiary/aromatic N) is 4. The van der Waals surface area contributed by atoms with Crippen LogP contribution in [0.25, 0.3) is 22.3 Å². The topological polar surface area (TPSA) is 51.0 Å². The molecule has 3 heterocycles. The van der Waals surface area contributed by atoms with Crippen LogP contribution < -0.4 is 0 Å². The first kappa shape index (κ1) is 15.8. The first-order valence-corrected chi connectivity index (χ1v) is 8.84. The fraction of sp³-hybridized carbons (Fsp3) is 0.350. The van der Waals surface area contributed by atoms with Crippen LogP contribution in [0, 0.1) is 6.92 Å². The van der Waals surface area contributed by atoms with Crippen LogP contribution in [0.2, 0.25) is 0 Å². The van der Waals surface area contributed by atoms with E-state index in [0.29, 0.717) is 0 Å². The highest BCUT2D eigenvalue weighted by Gasteiger charge is 2.24. The quantitative estimate of drug-likeness (QED) is 0.720. The molecule has 2 aromatic heterocycles. The highest BCUT2D eigenvalue weighted by molar-refractivity contribution is 6.07. The molecular formula is C20H22N4O. The number of aryl methyl sites for hydroxylation is 2. The monoisotopic (exact) mass is 334 g/mol. The van der Waals surface area contributed by atoms with Crippen molar-refractivity contribution in [2.45, 2.75) is 26.2 Å². The van der Waals surface area contributed by atoms with Gasteiger partial charge in [0.1, 0.15) is 0 Å². The Morgan fingerprint density at radius 3 is 2.52 bits per heavy atom. The number of carbonyl (C=O) groups excluding carboxylic acids is 1. The lowest BCUT2D eigenvalue weighted by Crippen LogP contribution is -2.35. The van der Waals surface area contributed by atoms with Crippen LogP contribution in [0.3, 0.4) is 0 Å². The van der Waals surface area contributed by atoms with Crippen LogP contribution in [0.4, 0.5) is 0 Å². The van der Waals surface area contributed by atoms with Gasteiger partial charge in [0.2, 0.25) is 0 Å². The number of benzene rings is 1. The second-order valence-electron chi connectivity index (χ2n) is 6.68. The fourth-order valence-electron chi connectivity index (χ4n) is 3.64. The average Bonchev–Trinajstić information content (AvgIpc) is 2.96. The van der Waals surface area contributed by atoms with Crippen molar-refractivity contribution in [1.29, 1.82) is 0 Å². The summed E-state index contributed by atoms with van der Waals surface area (Å²) in [7, 11) is 1.88. The third-order valence-corrected chi connectivity index (χ3v) is 4.91. The normalized spacial score (nSPS) is 14.9. The van der Waals surface area contributed by atoms with Gasteiger partial charge in [0.05, 0.1) is 22.3 Å². The summed E-state index contributed by atoms with van der Waals surface area (Å²) in [5, 5.41) is 5.37. The van der Waals surface area contributed by atoms with Crippen molar-refractivity contribution in [3.63, 3.8) is 0 Å². The van der Waals surface area contributed by atoms with E-state index in [0.717, 1.165) is 59.5 Å². The molecule has 1 fully saturated rings. The molecule has 3 aromatic rings. The molecule has 0 bridgehead atoms. The van der Waals surface area contributed by atoms with Gasteiger partial charge in [-0.25, -0.2) is 4.98 Å². The number of hydrogen-bond acceptors (Lipinski definition) is 3. The van der Waals surface area contributed by atoms with Crippen molar-refractivity contribution in [1.82, 2.24) is 19.7 Å². The lowest BCUT2D eigenvalue weighted by atomic mass is 10.0. The first-order chi connectivity index (χ1) is 12.1. The first-order valence-electron chi connectivity index (χ1n) is 8.84. The summed E-state index contributed by atoms with van der Waals surface area (Å²) in [6, 6.07) is 11.9. The molecule has 1 aliphatic heterocycles. The lowest BCUT2D eigenvalue weighted by molar-refractivity contribution is 0.0726. The van der Waals surface area contributed by atoms with Gasteiger partial charge in [0, 0.05) is 25.7 Å². The van der Waals surface area contributed by atoms with Crippen molar-refractivity contribution in [3.8, 4) is 11.3 Å². The Morgan fingerprint density at radius 2 is 1.80 bits per heavy atom. The van der Waals surface area contributed by atoms with E-state index < -0.39 is 0 Å². The minimum absolute atomic E-state index is 0.0976. The number of pyridine rings is 1. The number of fused-ring (bicyclic) bond motifs is 1. The summed E-state index contributed by atoms with van der Waals surface area (Å²) >= 11 is 0. The van der Waals surface area contributed by atoms with Crippen molar-refractivity contribution >= 4 is 16.9 Å². The Balaban J connectivity index is 1.90. The van der Waals surface area contributed by atoms with Crippen molar-refractivity contribution in [3.05, 3.63) is 47.7 Å². The van der Waals surface area contributed by atoms with E-state index in [2.05, 4.69) is 5.10 Å². The summed E-state index contributed by atoms with van der Waals surface area (Å²) in [4.78, 5) is 20.0. The van der Waals surface area contributed by atoms with Gasteiger partial charge in [-0.1, -0.05) is 30.3 Å². The largest absolute Gasteiger partial charge is 0.339 e. The fourth-order valence-corrected chi connectivity index (χ4v) is 3.64. The van der Waals surface area contributed by atoms with Gasteiger partial charge in [-0.05, 0) is 32.3 Å². The minimum Gasteiger partial charge on any atom is -0.339 e. The molecule has 1 aromatic carbocycles. The molecule has 0 radical (unpaired) electrons. The molecule has 128 valence electrons. The zero-order chi connectivity index (χ0) is 17.4. The lowest BCUT2D eigenvalue weighted by Gasteiger charge is -2.27. The highest BCUT2D eigenvalue weighted by atomic mass is 16.2. The van der Waals surface area contributed by atoms with Crippen molar-refractivity contribution in [2.75, 3.05) is 13.1 Å². The number of piperidine rings is 1. The molecule has 5 nitrogen and oxygen atoms in total. The molecule has 1 aliphatic rings. The zero-order valence-electron chi connectivity index (χ0n) is 14.7. The SMILES string of the molecule is Cc1nn(C)c2nc(-c3ccccc3)cc(C(=O)N3CCCCC3)c12. The molecule has 0 saturated carbocycles. The molecule has 25 heavy (non-hydrogen) atoms. The van der Waals surface area contributed by atoms with E-state index in [1.54, 1.807) is 4.68 Å². The standard InChI is InChI=1S/C20H22N4O/c1-14-18-16(20(25)24-11-7-4-8-12-24)13-17(15-9-5-3-6-10-15)21-19(18)23(2)22-14/h3,5-6,9-10,13H,4,7-8,11-12H2,1-2H3. The molecule has 1 saturated heterocycles. The van der Waals surface area contributed by atoms with Gasteiger partial charge in [-0.15, -0.1) is 0 Å². The predicted molar refractivity (Wildman–Crippen MR) is 98.4 cm³/mol. The van der Waals surface area contributed by atoms with E-state index in [1.165, 1.54) is 6.42 Å². The molecule has 0 aliphatic carbocycles. The van der Waals surface area contributed by atoms with Gasteiger partial charge in [0.25, 0.3) is 5.91 Å². The van der Waals surface area contributed by atoms with E-state index in [1.807, 2.05) is 55.3 Å². The third kappa shape index (κ3) is 2.80. The smallest absolute Gasteiger partial charge is 0.254 e. The van der Waals surface area contributed by atoms with E-state index in [-0.39, 0.29) is 5.91 Å².